The van der Waals surface area contributed by atoms with E-state index in [0.717, 1.165) is 64.8 Å². The lowest BCUT2D eigenvalue weighted by Crippen LogP contribution is -2.32. The molecule has 10 nitrogen and oxygen atoms in total. The number of phenols is 2. The molecule has 10 heteroatoms. The maximum atomic E-state index is 14.5. The SMILES string of the molecule is O=C1CCc2cc(OC3CCCC3)c(O)c(c2)[C@H](O)c2cccc(c2)Cc2cc[nH]c2[N-]CC2=Cc3[n-]ccc3[C@H](C[C@H](O)CCc3cccc(O)c3)[C@H]2C(=O)C1. The van der Waals surface area contributed by atoms with Crippen LogP contribution in [0.5, 0.6) is 17.2 Å². The highest BCUT2D eigenvalue weighted by Crippen LogP contribution is 2.44. The number of phenolic OH excluding ortho intramolecular Hbond substituents is 2. The molecular weight excluding hydrogens is 719 g/mol. The summed E-state index contributed by atoms with van der Waals surface area (Å²) >= 11 is 0. The van der Waals surface area contributed by atoms with E-state index in [0.29, 0.717) is 48.4 Å². The topological polar surface area (TPSA) is 168 Å². The van der Waals surface area contributed by atoms with Crippen molar-refractivity contribution in [3.63, 3.8) is 0 Å². The third-order valence-electron chi connectivity index (χ3n) is 11.8. The smallest absolute Gasteiger partial charge is 0.163 e. The number of aliphatic hydroxyl groups is 2. The Morgan fingerprint density at radius 1 is 0.895 bits per heavy atom. The molecule has 57 heavy (non-hydrogen) atoms. The van der Waals surface area contributed by atoms with Crippen molar-refractivity contribution < 1.29 is 34.8 Å². The fraction of sp³-hybridized carbons (Fsp3) is 0.362. The number of rotatable bonds is 7. The number of aromatic nitrogens is 2. The molecule has 0 saturated heterocycles. The maximum Gasteiger partial charge on any atom is 0.163 e. The van der Waals surface area contributed by atoms with Crippen LogP contribution in [0.1, 0.15) is 108 Å². The summed E-state index contributed by atoms with van der Waals surface area (Å²) in [5, 5.41) is 49.6. The van der Waals surface area contributed by atoms with Gasteiger partial charge in [-0.05, 0) is 122 Å². The van der Waals surface area contributed by atoms with Gasteiger partial charge in [-0.3, -0.25) is 9.59 Å². The number of nitrogens with zero attached hydrogens (tertiary/aromatic N) is 2. The summed E-state index contributed by atoms with van der Waals surface area (Å²) in [4.78, 5) is 36.2. The highest BCUT2D eigenvalue weighted by Gasteiger charge is 2.37. The molecule has 5 aromatic rings. The molecular formula is C47H49N3O7-2. The Bertz CT molecular complexity index is 2260. The van der Waals surface area contributed by atoms with Crippen LogP contribution in [0.2, 0.25) is 0 Å². The highest BCUT2D eigenvalue weighted by molar-refractivity contribution is 6.02. The number of fused-ring (bicyclic) bond motifs is 7. The zero-order valence-electron chi connectivity index (χ0n) is 31.9. The van der Waals surface area contributed by atoms with E-state index in [1.165, 1.54) is 0 Å². The van der Waals surface area contributed by atoms with E-state index >= 15 is 0 Å². The van der Waals surface area contributed by atoms with Crippen LogP contribution >= 0.6 is 0 Å². The maximum absolute atomic E-state index is 14.5. The molecule has 1 fully saturated rings. The Morgan fingerprint density at radius 3 is 2.58 bits per heavy atom. The molecule has 2 aromatic heterocycles. The van der Waals surface area contributed by atoms with E-state index < -0.39 is 24.0 Å². The molecule has 3 aromatic carbocycles. The largest absolute Gasteiger partial charge is 0.664 e. The van der Waals surface area contributed by atoms with Crippen LogP contribution in [0.15, 0.2) is 90.8 Å². The molecule has 2 aliphatic carbocycles. The fourth-order valence-electron chi connectivity index (χ4n) is 8.91. The number of ketones is 2. The van der Waals surface area contributed by atoms with Gasteiger partial charge < -0.3 is 40.4 Å². The zero-order valence-corrected chi connectivity index (χ0v) is 31.9. The van der Waals surface area contributed by atoms with Crippen molar-refractivity contribution in [1.82, 2.24) is 9.97 Å². The monoisotopic (exact) mass is 767 g/mol. The standard InChI is InChI=1S/C47H49N3O7/c51-34-8-4-5-28(21-34)11-13-35(52)25-39-38-16-18-48-41(38)24-33-27-50-47-32(15-17-49-47)20-29-6-3-7-31(19-29)45(55)40-22-30(12-14-36(53)26-42(54)44(33)39)23-43(46(40)56)57-37-9-1-2-10-37/h3-8,15-19,21-24,35,37,39,44-45,49,51-52,55-56H,1-2,9-14,20,25-27H2/q-2/t35-,39+,44+,45-/m1/s1. The number of aromatic hydroxyl groups is 2. The van der Waals surface area contributed by atoms with Gasteiger partial charge in [0.05, 0.1) is 18.6 Å². The summed E-state index contributed by atoms with van der Waals surface area (Å²) in [7, 11) is 0. The van der Waals surface area contributed by atoms with Gasteiger partial charge in [-0.15, -0.1) is 5.69 Å². The summed E-state index contributed by atoms with van der Waals surface area (Å²) in [6.45, 7) is 0.188. The molecule has 296 valence electrons. The number of hydrogen-bond acceptors (Lipinski definition) is 7. The van der Waals surface area contributed by atoms with Crippen molar-refractivity contribution in [3.8, 4) is 17.2 Å². The fourth-order valence-corrected chi connectivity index (χ4v) is 8.91. The second-order valence-corrected chi connectivity index (χ2v) is 15.9. The Labute approximate surface area is 332 Å². The van der Waals surface area contributed by atoms with Crippen LogP contribution in [0.25, 0.3) is 11.4 Å². The zero-order chi connectivity index (χ0) is 39.5. The molecule has 4 atom stereocenters. The molecule has 1 aliphatic heterocycles. The number of nitrogens with one attached hydrogen (secondary N) is 1. The quantitative estimate of drug-likeness (QED) is 0.104. The van der Waals surface area contributed by atoms with Crippen LogP contribution < -0.4 is 9.72 Å². The Balaban J connectivity index is 1.12. The summed E-state index contributed by atoms with van der Waals surface area (Å²) in [5.74, 6) is -0.580. The summed E-state index contributed by atoms with van der Waals surface area (Å²) < 4.78 is 6.31. The minimum Gasteiger partial charge on any atom is -0.664 e. The lowest BCUT2D eigenvalue weighted by atomic mass is 9.71. The first kappa shape index (κ1) is 38.3. The van der Waals surface area contributed by atoms with Crippen LogP contribution in [0.3, 0.4) is 0 Å². The average molecular weight is 768 g/mol. The molecule has 0 radical (unpaired) electrons. The van der Waals surface area contributed by atoms with E-state index in [1.807, 2.05) is 54.7 Å². The van der Waals surface area contributed by atoms with Gasteiger partial charge in [-0.1, -0.05) is 77.8 Å². The lowest BCUT2D eigenvalue weighted by Gasteiger charge is -2.37. The first-order chi connectivity index (χ1) is 27.7. The van der Waals surface area contributed by atoms with Crippen molar-refractivity contribution in [2.45, 2.75) is 94.9 Å². The first-order valence-electron chi connectivity index (χ1n) is 20.1. The molecule has 0 unspecified atom stereocenters. The van der Waals surface area contributed by atoms with E-state index in [2.05, 4.69) is 9.97 Å². The minimum atomic E-state index is -1.15. The number of benzene rings is 3. The van der Waals surface area contributed by atoms with Crippen molar-refractivity contribution >= 4 is 23.5 Å². The summed E-state index contributed by atoms with van der Waals surface area (Å²) in [5.41, 5.74) is 6.76. The van der Waals surface area contributed by atoms with Gasteiger partial charge in [0.1, 0.15) is 23.4 Å². The molecule has 3 aliphatic rings. The number of ether oxygens (including phenoxy) is 1. The van der Waals surface area contributed by atoms with Crippen molar-refractivity contribution in [1.29, 1.82) is 0 Å². The summed E-state index contributed by atoms with van der Waals surface area (Å²) in [6.07, 6.45) is 9.22. The van der Waals surface area contributed by atoms with Gasteiger partial charge in [0.2, 0.25) is 0 Å². The van der Waals surface area contributed by atoms with Gasteiger partial charge in [0.25, 0.3) is 0 Å². The number of hydrogen-bond donors (Lipinski definition) is 5. The Kier molecular flexibility index (Phi) is 11.3. The first-order valence-corrected chi connectivity index (χ1v) is 20.1. The van der Waals surface area contributed by atoms with Gasteiger partial charge in [0.15, 0.2) is 11.5 Å². The predicted octanol–water partition coefficient (Wildman–Crippen LogP) is 8.04. The molecule has 0 amide bonds. The normalized spacial score (nSPS) is 20.9. The summed E-state index contributed by atoms with van der Waals surface area (Å²) in [6, 6.07) is 22.0. The van der Waals surface area contributed by atoms with Crippen LogP contribution in [0.4, 0.5) is 5.82 Å². The minimum absolute atomic E-state index is 0.0387. The third-order valence-corrected chi connectivity index (χ3v) is 11.8. The van der Waals surface area contributed by atoms with Gasteiger partial charge in [-0.25, -0.2) is 0 Å². The number of Topliss-reactive ketones (excluding diaryl/α,β-unsaturated/α-hetero) is 2. The van der Waals surface area contributed by atoms with Crippen LogP contribution in [-0.2, 0) is 28.9 Å². The number of aliphatic hydroxyl groups excluding tert-OH is 2. The number of aromatic amines is 1. The number of aryl methyl sites for hydroxylation is 2. The van der Waals surface area contributed by atoms with Crippen LogP contribution in [0, 0.1) is 5.92 Å². The molecule has 4 bridgehead atoms. The van der Waals surface area contributed by atoms with E-state index in [4.69, 9.17) is 10.1 Å². The molecule has 3 heterocycles. The highest BCUT2D eigenvalue weighted by atomic mass is 16.5. The number of H-pyrrole nitrogens is 1. The van der Waals surface area contributed by atoms with Gasteiger partial charge in [-0.2, -0.15) is 6.20 Å². The van der Waals surface area contributed by atoms with E-state index in [-0.39, 0.29) is 55.0 Å². The van der Waals surface area contributed by atoms with Crippen molar-refractivity contribution in [2.75, 3.05) is 6.54 Å². The second-order valence-electron chi connectivity index (χ2n) is 15.9. The molecule has 0 spiro atoms. The van der Waals surface area contributed by atoms with Crippen molar-refractivity contribution in [2.24, 2.45) is 5.92 Å². The number of carbonyl (C=O) groups excluding carboxylic acids is 2. The van der Waals surface area contributed by atoms with Gasteiger partial charge >= 0.3 is 0 Å². The Hall–Kier alpha value is -5.58. The van der Waals surface area contributed by atoms with E-state index in [1.54, 1.807) is 36.5 Å². The average Bonchev–Trinajstić information content (AvgIpc) is 3.99. The Morgan fingerprint density at radius 2 is 1.74 bits per heavy atom. The second kappa shape index (κ2) is 16.9. The van der Waals surface area contributed by atoms with Gasteiger partial charge in [0, 0.05) is 17.9 Å². The third kappa shape index (κ3) is 8.72. The lowest BCUT2D eigenvalue weighted by molar-refractivity contribution is -0.129. The molecule has 5 N–H and O–H groups in total. The molecule has 8 rings (SSSR count). The van der Waals surface area contributed by atoms with Crippen molar-refractivity contribution in [3.05, 3.63) is 141 Å². The van der Waals surface area contributed by atoms with E-state index in [9.17, 15) is 30.0 Å². The number of carbonyl (C=O) groups is 2. The molecule has 1 saturated carbocycles. The predicted molar refractivity (Wildman–Crippen MR) is 217 cm³/mol. The van der Waals surface area contributed by atoms with Crippen LogP contribution in [-0.4, -0.2) is 55.7 Å².